The molecular weight excluding hydrogens is 150 g/mol. The van der Waals surface area contributed by atoms with Crippen LogP contribution in [0, 0.1) is 5.41 Å². The third-order valence-electron chi connectivity index (χ3n) is 2.38. The van der Waals surface area contributed by atoms with E-state index in [0.29, 0.717) is 11.5 Å². The summed E-state index contributed by atoms with van der Waals surface area (Å²) in [6.45, 7) is 1.90. The Morgan fingerprint density at radius 1 is 1.30 bits per heavy atom. The van der Waals surface area contributed by atoms with Crippen LogP contribution in [0.3, 0.4) is 0 Å². The molecule has 0 bridgehead atoms. The fourth-order valence-electron chi connectivity index (χ4n) is 1.93. The highest BCUT2D eigenvalue weighted by Gasteiger charge is 2.49. The van der Waals surface area contributed by atoms with Gasteiger partial charge in [0.2, 0.25) is 0 Å². The maximum atomic E-state index is 10.8. The minimum atomic E-state index is -2.61. The van der Waals surface area contributed by atoms with Crippen LogP contribution in [-0.2, 0) is 9.84 Å². The molecule has 2 aliphatic heterocycles. The molecule has 0 aromatic heterocycles. The van der Waals surface area contributed by atoms with Gasteiger partial charge in [0.1, 0.15) is 0 Å². The van der Waals surface area contributed by atoms with Crippen LogP contribution in [0.1, 0.15) is 6.42 Å². The summed E-state index contributed by atoms with van der Waals surface area (Å²) in [4.78, 5) is 0. The largest absolute Gasteiger partial charge is 0.316 e. The molecule has 0 unspecified atom stereocenters. The summed E-state index contributed by atoms with van der Waals surface area (Å²) < 4.78 is 21.6. The lowest BCUT2D eigenvalue weighted by Gasteiger charge is -2.36. The van der Waals surface area contributed by atoms with Crippen LogP contribution in [0.25, 0.3) is 0 Å². The highest BCUT2D eigenvalue weighted by molar-refractivity contribution is 7.92. The molecule has 10 heavy (non-hydrogen) atoms. The number of nitrogens with one attached hydrogen (secondary N) is 1. The maximum Gasteiger partial charge on any atom is 0.151 e. The second-order valence-electron chi connectivity index (χ2n) is 3.46. The summed E-state index contributed by atoms with van der Waals surface area (Å²) in [5.41, 5.74) is 0.152. The van der Waals surface area contributed by atoms with Crippen molar-refractivity contribution in [2.75, 3.05) is 24.6 Å². The van der Waals surface area contributed by atoms with Gasteiger partial charge in [-0.3, -0.25) is 0 Å². The Morgan fingerprint density at radius 3 is 2.40 bits per heavy atom. The molecular formula is C6H11NO2S. The fourth-order valence-corrected chi connectivity index (χ4v) is 4.21. The van der Waals surface area contributed by atoms with E-state index in [9.17, 15) is 8.42 Å². The first-order valence-corrected chi connectivity index (χ1v) is 5.35. The summed E-state index contributed by atoms with van der Waals surface area (Å²) in [6.07, 6.45) is 1.05. The van der Waals surface area contributed by atoms with Gasteiger partial charge in [-0.05, 0) is 13.0 Å². The highest BCUT2D eigenvalue weighted by atomic mass is 32.2. The van der Waals surface area contributed by atoms with Gasteiger partial charge in [0, 0.05) is 12.0 Å². The second kappa shape index (κ2) is 1.74. The van der Waals surface area contributed by atoms with Crippen LogP contribution >= 0.6 is 0 Å². The SMILES string of the molecule is O=S1(=O)CC2(CCNC2)C1. The van der Waals surface area contributed by atoms with Crippen molar-refractivity contribution in [2.24, 2.45) is 5.41 Å². The van der Waals surface area contributed by atoms with Crippen molar-refractivity contribution in [1.82, 2.24) is 5.32 Å². The van der Waals surface area contributed by atoms with Crippen LogP contribution in [0.2, 0.25) is 0 Å². The Bertz CT molecular complexity index is 224. The third kappa shape index (κ3) is 0.864. The summed E-state index contributed by atoms with van der Waals surface area (Å²) in [5, 5.41) is 3.19. The van der Waals surface area contributed by atoms with E-state index in [-0.39, 0.29) is 5.41 Å². The van der Waals surface area contributed by atoms with E-state index in [1.807, 2.05) is 0 Å². The average molecular weight is 161 g/mol. The van der Waals surface area contributed by atoms with Crippen LogP contribution < -0.4 is 5.32 Å². The molecule has 0 aromatic carbocycles. The molecule has 0 atom stereocenters. The molecule has 2 aliphatic rings. The van der Waals surface area contributed by atoms with E-state index in [1.165, 1.54) is 0 Å². The second-order valence-corrected chi connectivity index (χ2v) is 5.52. The topological polar surface area (TPSA) is 46.2 Å². The predicted molar refractivity (Wildman–Crippen MR) is 38.6 cm³/mol. The molecule has 0 radical (unpaired) electrons. The van der Waals surface area contributed by atoms with Crippen LogP contribution in [0.15, 0.2) is 0 Å². The van der Waals surface area contributed by atoms with Gasteiger partial charge < -0.3 is 5.32 Å². The highest BCUT2D eigenvalue weighted by Crippen LogP contribution is 2.37. The average Bonchev–Trinajstić information content (AvgIpc) is 2.10. The van der Waals surface area contributed by atoms with Crippen molar-refractivity contribution >= 4 is 9.84 Å². The van der Waals surface area contributed by atoms with Crippen molar-refractivity contribution in [1.29, 1.82) is 0 Å². The van der Waals surface area contributed by atoms with Gasteiger partial charge >= 0.3 is 0 Å². The van der Waals surface area contributed by atoms with E-state index in [4.69, 9.17) is 0 Å². The molecule has 58 valence electrons. The Kier molecular flexibility index (Phi) is 1.15. The minimum Gasteiger partial charge on any atom is -0.316 e. The Labute approximate surface area is 60.7 Å². The van der Waals surface area contributed by atoms with Crippen molar-refractivity contribution in [3.63, 3.8) is 0 Å². The molecule has 2 fully saturated rings. The molecule has 2 rings (SSSR count). The lowest BCUT2D eigenvalue weighted by atomic mass is 9.91. The van der Waals surface area contributed by atoms with Crippen LogP contribution in [0.4, 0.5) is 0 Å². The van der Waals surface area contributed by atoms with Crippen molar-refractivity contribution in [3.8, 4) is 0 Å². The number of sulfone groups is 1. The van der Waals surface area contributed by atoms with Crippen LogP contribution in [0.5, 0.6) is 0 Å². The van der Waals surface area contributed by atoms with E-state index >= 15 is 0 Å². The molecule has 1 N–H and O–H groups in total. The summed E-state index contributed by atoms with van der Waals surface area (Å²) in [6, 6.07) is 0. The first-order chi connectivity index (χ1) is 4.62. The molecule has 1 spiro atoms. The van der Waals surface area contributed by atoms with Crippen molar-refractivity contribution < 1.29 is 8.42 Å². The lowest BCUT2D eigenvalue weighted by Crippen LogP contribution is -2.49. The molecule has 0 aromatic rings. The Morgan fingerprint density at radius 2 is 2.00 bits per heavy atom. The van der Waals surface area contributed by atoms with Gasteiger partial charge in [-0.15, -0.1) is 0 Å². The molecule has 2 saturated heterocycles. The van der Waals surface area contributed by atoms with E-state index in [1.54, 1.807) is 0 Å². The van der Waals surface area contributed by atoms with E-state index in [0.717, 1.165) is 19.5 Å². The van der Waals surface area contributed by atoms with E-state index in [2.05, 4.69) is 5.32 Å². The number of rotatable bonds is 0. The predicted octanol–water partition coefficient (Wildman–Crippen LogP) is -0.606. The third-order valence-corrected chi connectivity index (χ3v) is 4.49. The molecule has 0 saturated carbocycles. The summed E-state index contributed by atoms with van der Waals surface area (Å²) in [5.74, 6) is 0.847. The maximum absolute atomic E-state index is 10.8. The van der Waals surface area contributed by atoms with Gasteiger partial charge in [-0.1, -0.05) is 0 Å². The first kappa shape index (κ1) is 6.61. The Balaban J connectivity index is 2.12. The van der Waals surface area contributed by atoms with Crippen molar-refractivity contribution in [3.05, 3.63) is 0 Å². The zero-order valence-electron chi connectivity index (χ0n) is 5.76. The fraction of sp³-hybridized carbons (Fsp3) is 1.00. The standard InChI is InChI=1S/C6H11NO2S/c8-10(9)4-6(5-10)1-2-7-3-6/h7H,1-5H2. The minimum absolute atomic E-state index is 0.152. The Hall–Kier alpha value is -0.0900. The quantitative estimate of drug-likeness (QED) is 0.516. The lowest BCUT2D eigenvalue weighted by molar-refractivity contribution is 0.370. The van der Waals surface area contributed by atoms with Crippen molar-refractivity contribution in [2.45, 2.75) is 6.42 Å². The smallest absolute Gasteiger partial charge is 0.151 e. The van der Waals surface area contributed by atoms with Gasteiger partial charge in [0.05, 0.1) is 11.5 Å². The van der Waals surface area contributed by atoms with E-state index < -0.39 is 9.84 Å². The zero-order valence-corrected chi connectivity index (χ0v) is 6.58. The van der Waals surface area contributed by atoms with Gasteiger partial charge in [0.15, 0.2) is 9.84 Å². The monoisotopic (exact) mass is 161 g/mol. The molecule has 4 heteroatoms. The number of hydrogen-bond acceptors (Lipinski definition) is 3. The zero-order chi connectivity index (χ0) is 7.24. The molecule has 2 heterocycles. The summed E-state index contributed by atoms with van der Waals surface area (Å²) in [7, 11) is -2.61. The normalized spacial score (nSPS) is 34.0. The molecule has 0 aliphatic carbocycles. The molecule has 3 nitrogen and oxygen atoms in total. The van der Waals surface area contributed by atoms with Crippen LogP contribution in [-0.4, -0.2) is 33.0 Å². The first-order valence-electron chi connectivity index (χ1n) is 3.53. The number of hydrogen-bond donors (Lipinski definition) is 1. The molecule has 0 amide bonds. The van der Waals surface area contributed by atoms with Gasteiger partial charge in [0.25, 0.3) is 0 Å². The van der Waals surface area contributed by atoms with Gasteiger partial charge in [-0.25, -0.2) is 8.42 Å². The summed E-state index contributed by atoms with van der Waals surface area (Å²) >= 11 is 0. The van der Waals surface area contributed by atoms with Gasteiger partial charge in [-0.2, -0.15) is 0 Å².